The maximum Gasteiger partial charge on any atom is 0.238 e. The Morgan fingerprint density at radius 2 is 1.95 bits per heavy atom. The molecule has 1 aromatic carbocycles. The maximum absolute atomic E-state index is 5.86. The number of aromatic nitrogens is 1. The molecule has 2 N–H and O–H groups in total. The van der Waals surface area contributed by atoms with Crippen LogP contribution in [0.3, 0.4) is 0 Å². The summed E-state index contributed by atoms with van der Waals surface area (Å²) < 4.78 is 5.51. The molecule has 100 valence electrons. The van der Waals surface area contributed by atoms with Crippen molar-refractivity contribution in [2.45, 2.75) is 23.3 Å². The zero-order valence-corrected chi connectivity index (χ0v) is 12.2. The molecule has 2 aromatic rings. The average Bonchev–Trinajstić information content (AvgIpc) is 2.42. The maximum atomic E-state index is 5.86. The number of benzene rings is 1. The molecule has 0 amide bonds. The molecule has 0 aliphatic carbocycles. The smallest absolute Gasteiger partial charge is 0.238 e. The largest absolute Gasteiger partial charge is 0.476 e. The number of hydrogen-bond acceptors (Lipinski definition) is 4. The van der Waals surface area contributed by atoms with Gasteiger partial charge in [0.1, 0.15) is 5.03 Å². The molecule has 0 aliphatic rings. The first-order chi connectivity index (χ1) is 9.19. The summed E-state index contributed by atoms with van der Waals surface area (Å²) in [5.74, 6) is 0.501. The Balaban J connectivity index is 2.14. The fraction of sp³-hybridized carbons (Fsp3) is 0.214. The minimum absolute atomic E-state index is 0.501. The number of ether oxygens (including phenoxy) is 1. The summed E-state index contributed by atoms with van der Waals surface area (Å²) in [5, 5.41) is 1.57. The summed E-state index contributed by atoms with van der Waals surface area (Å²) in [6.07, 6.45) is 0.926. The van der Waals surface area contributed by atoms with E-state index in [0.29, 0.717) is 18.2 Å². The molecule has 0 spiro atoms. The molecule has 2 rings (SSSR count). The minimum atomic E-state index is 0.501. The van der Waals surface area contributed by atoms with E-state index in [0.717, 1.165) is 21.4 Å². The van der Waals surface area contributed by atoms with Gasteiger partial charge in [-0.05, 0) is 42.8 Å². The quantitative estimate of drug-likeness (QED) is 0.895. The van der Waals surface area contributed by atoms with E-state index in [4.69, 9.17) is 22.1 Å². The molecule has 3 nitrogen and oxygen atoms in total. The van der Waals surface area contributed by atoms with Crippen LogP contribution in [0.4, 0.5) is 5.69 Å². The van der Waals surface area contributed by atoms with Crippen LogP contribution in [0.2, 0.25) is 5.02 Å². The first-order valence-corrected chi connectivity index (χ1v) is 7.21. The van der Waals surface area contributed by atoms with Crippen molar-refractivity contribution in [1.29, 1.82) is 0 Å². The monoisotopic (exact) mass is 294 g/mol. The van der Waals surface area contributed by atoms with Crippen LogP contribution in [-0.2, 0) is 0 Å². The van der Waals surface area contributed by atoms with Gasteiger partial charge in [0.15, 0.2) is 0 Å². The summed E-state index contributed by atoms with van der Waals surface area (Å²) in [6.45, 7) is 2.66. The van der Waals surface area contributed by atoms with E-state index in [1.807, 2.05) is 43.3 Å². The van der Waals surface area contributed by atoms with Crippen molar-refractivity contribution in [2.75, 3.05) is 12.3 Å². The number of anilines is 1. The number of nitrogens with two attached hydrogens (primary N) is 1. The van der Waals surface area contributed by atoms with Gasteiger partial charge >= 0.3 is 0 Å². The molecular formula is C14H15ClN2OS. The molecule has 0 fully saturated rings. The van der Waals surface area contributed by atoms with Crippen LogP contribution in [-0.4, -0.2) is 11.6 Å². The van der Waals surface area contributed by atoms with Gasteiger partial charge in [-0.3, -0.25) is 0 Å². The lowest BCUT2D eigenvalue weighted by Crippen LogP contribution is -2.01. The van der Waals surface area contributed by atoms with Gasteiger partial charge in [0.2, 0.25) is 5.88 Å². The molecule has 1 aromatic heterocycles. The predicted octanol–water partition coefficient (Wildman–Crippen LogP) is 4.26. The lowest BCUT2D eigenvalue weighted by Gasteiger charge is -2.08. The first-order valence-electron chi connectivity index (χ1n) is 6.02. The standard InChI is InChI=1S/C14H15ClN2OS/c1-2-9-18-14-12(16)7-8-13(17-14)19-11-5-3-10(15)4-6-11/h3-8H,2,9,16H2,1H3. The molecule has 0 saturated heterocycles. The highest BCUT2D eigenvalue weighted by molar-refractivity contribution is 7.99. The SMILES string of the molecule is CCCOc1nc(Sc2ccc(Cl)cc2)ccc1N. The Bertz CT molecular complexity index is 546. The van der Waals surface area contributed by atoms with E-state index in [1.165, 1.54) is 0 Å². The summed E-state index contributed by atoms with van der Waals surface area (Å²) in [5.41, 5.74) is 6.39. The Hall–Kier alpha value is -1.39. The Morgan fingerprint density at radius 3 is 2.63 bits per heavy atom. The molecular weight excluding hydrogens is 280 g/mol. The summed E-state index contributed by atoms with van der Waals surface area (Å²) in [7, 11) is 0. The van der Waals surface area contributed by atoms with Gasteiger partial charge < -0.3 is 10.5 Å². The van der Waals surface area contributed by atoms with Crippen molar-refractivity contribution in [2.24, 2.45) is 0 Å². The van der Waals surface area contributed by atoms with Crippen molar-refractivity contribution < 1.29 is 4.74 Å². The van der Waals surface area contributed by atoms with Crippen LogP contribution in [0.5, 0.6) is 5.88 Å². The van der Waals surface area contributed by atoms with Crippen LogP contribution in [0.25, 0.3) is 0 Å². The zero-order chi connectivity index (χ0) is 13.7. The molecule has 0 saturated carbocycles. The second-order valence-electron chi connectivity index (χ2n) is 3.95. The van der Waals surface area contributed by atoms with Crippen LogP contribution < -0.4 is 10.5 Å². The highest BCUT2D eigenvalue weighted by atomic mass is 35.5. The topological polar surface area (TPSA) is 48.1 Å². The number of hydrogen-bond donors (Lipinski definition) is 1. The van der Waals surface area contributed by atoms with Crippen LogP contribution in [0.15, 0.2) is 46.3 Å². The van der Waals surface area contributed by atoms with Gasteiger partial charge in [-0.15, -0.1) is 0 Å². The third-order valence-electron chi connectivity index (χ3n) is 2.34. The zero-order valence-electron chi connectivity index (χ0n) is 10.6. The molecule has 0 aliphatic heterocycles. The molecule has 0 atom stereocenters. The van der Waals surface area contributed by atoms with Gasteiger partial charge in [0.05, 0.1) is 12.3 Å². The Morgan fingerprint density at radius 1 is 1.21 bits per heavy atom. The highest BCUT2D eigenvalue weighted by Crippen LogP contribution is 2.30. The molecule has 0 unspecified atom stereocenters. The van der Waals surface area contributed by atoms with Crippen LogP contribution in [0, 0.1) is 0 Å². The normalized spacial score (nSPS) is 10.4. The summed E-state index contributed by atoms with van der Waals surface area (Å²) in [6, 6.07) is 11.3. The van der Waals surface area contributed by atoms with Crippen LogP contribution in [0.1, 0.15) is 13.3 Å². The predicted molar refractivity (Wildman–Crippen MR) is 80.0 cm³/mol. The number of rotatable bonds is 5. The van der Waals surface area contributed by atoms with Crippen LogP contribution >= 0.6 is 23.4 Å². The second kappa shape index (κ2) is 6.68. The van der Waals surface area contributed by atoms with E-state index in [2.05, 4.69) is 4.98 Å². The average molecular weight is 295 g/mol. The molecule has 5 heteroatoms. The second-order valence-corrected chi connectivity index (χ2v) is 5.48. The van der Waals surface area contributed by atoms with Gasteiger partial charge in [-0.2, -0.15) is 0 Å². The highest BCUT2D eigenvalue weighted by Gasteiger charge is 2.05. The Labute approximate surface area is 122 Å². The van der Waals surface area contributed by atoms with Crippen molar-refractivity contribution in [3.05, 3.63) is 41.4 Å². The number of pyridine rings is 1. The number of nitrogens with zero attached hydrogens (tertiary/aromatic N) is 1. The molecule has 0 bridgehead atoms. The van der Waals surface area contributed by atoms with E-state index >= 15 is 0 Å². The number of halogens is 1. The fourth-order valence-corrected chi connectivity index (χ4v) is 2.33. The van der Waals surface area contributed by atoms with Gasteiger partial charge in [0, 0.05) is 9.92 Å². The number of nitrogen functional groups attached to an aromatic ring is 1. The fourth-order valence-electron chi connectivity index (χ4n) is 1.43. The third kappa shape index (κ3) is 4.04. The van der Waals surface area contributed by atoms with Gasteiger partial charge in [-0.1, -0.05) is 30.3 Å². The van der Waals surface area contributed by atoms with E-state index < -0.39 is 0 Å². The lowest BCUT2D eigenvalue weighted by atomic mass is 10.4. The molecule has 19 heavy (non-hydrogen) atoms. The summed E-state index contributed by atoms with van der Waals surface area (Å²) in [4.78, 5) is 5.48. The van der Waals surface area contributed by atoms with E-state index in [1.54, 1.807) is 11.8 Å². The van der Waals surface area contributed by atoms with Crippen molar-refractivity contribution in [1.82, 2.24) is 4.98 Å². The molecule has 0 radical (unpaired) electrons. The Kier molecular flexibility index (Phi) is 4.93. The van der Waals surface area contributed by atoms with E-state index in [-0.39, 0.29) is 0 Å². The lowest BCUT2D eigenvalue weighted by molar-refractivity contribution is 0.305. The summed E-state index contributed by atoms with van der Waals surface area (Å²) >= 11 is 7.40. The minimum Gasteiger partial charge on any atom is -0.476 e. The van der Waals surface area contributed by atoms with Gasteiger partial charge in [0.25, 0.3) is 0 Å². The van der Waals surface area contributed by atoms with Crippen molar-refractivity contribution in [3.63, 3.8) is 0 Å². The third-order valence-corrected chi connectivity index (χ3v) is 3.54. The van der Waals surface area contributed by atoms with E-state index in [9.17, 15) is 0 Å². The van der Waals surface area contributed by atoms with Crippen molar-refractivity contribution in [3.8, 4) is 5.88 Å². The first kappa shape index (κ1) is 14.0. The van der Waals surface area contributed by atoms with Crippen molar-refractivity contribution >= 4 is 29.1 Å². The van der Waals surface area contributed by atoms with Gasteiger partial charge in [-0.25, -0.2) is 4.98 Å². The molecule has 1 heterocycles.